The first-order valence-electron chi connectivity index (χ1n) is 34.2. The van der Waals surface area contributed by atoms with Crippen LogP contribution in [0.4, 0.5) is 46.9 Å². The maximum atomic E-state index is 14.3. The number of hydrogen-bond donors (Lipinski definition) is 1. The van der Waals surface area contributed by atoms with Gasteiger partial charge in [0.15, 0.2) is 0 Å². The Labute approximate surface area is 611 Å². The van der Waals surface area contributed by atoms with Gasteiger partial charge in [0.2, 0.25) is 11.8 Å². The molecule has 554 valence electrons. The van der Waals surface area contributed by atoms with Gasteiger partial charge in [-0.3, -0.25) is 24.5 Å². The molecule has 1 N–H and O–H groups in total. The molecule has 1 spiro atoms. The lowest BCUT2D eigenvalue weighted by Gasteiger charge is -2.44. The number of benzene rings is 6. The molecule has 1 aliphatic carbocycles. The van der Waals surface area contributed by atoms with Crippen LogP contribution < -0.4 is 10.2 Å². The topological polar surface area (TPSA) is 148 Å². The molecular formula is C76H92Cl3F7N8O8. The minimum Gasteiger partial charge on any atom is -0.446 e. The summed E-state index contributed by atoms with van der Waals surface area (Å²) in [4.78, 5) is 79.8. The van der Waals surface area contributed by atoms with Crippen molar-refractivity contribution < 1.29 is 68.9 Å². The first kappa shape index (κ1) is 81.8. The highest BCUT2D eigenvalue weighted by molar-refractivity contribution is 5.95. The van der Waals surface area contributed by atoms with Crippen molar-refractivity contribution in [1.29, 1.82) is 0 Å². The lowest BCUT2D eigenvalue weighted by Crippen LogP contribution is -2.50. The largest absolute Gasteiger partial charge is 0.446 e. The van der Waals surface area contributed by atoms with Gasteiger partial charge in [-0.25, -0.2) is 9.18 Å². The number of likely N-dealkylation sites (tertiary alicyclic amines) is 2. The molecule has 3 aliphatic heterocycles. The quantitative estimate of drug-likeness (QED) is 0.0388. The van der Waals surface area contributed by atoms with Gasteiger partial charge in [0.1, 0.15) is 30.9 Å². The van der Waals surface area contributed by atoms with Crippen molar-refractivity contribution in [2.24, 2.45) is 0 Å². The van der Waals surface area contributed by atoms with E-state index in [1.807, 2.05) is 110 Å². The molecule has 3 heterocycles. The first-order valence-corrected chi connectivity index (χ1v) is 34.2. The second-order valence-electron chi connectivity index (χ2n) is 26.8. The van der Waals surface area contributed by atoms with E-state index in [1.54, 1.807) is 23.9 Å². The van der Waals surface area contributed by atoms with E-state index in [2.05, 4.69) is 32.1 Å². The number of anilines is 2. The molecule has 5 amide bonds. The summed E-state index contributed by atoms with van der Waals surface area (Å²) in [6.07, 6.45) is -2.79. The van der Waals surface area contributed by atoms with Gasteiger partial charge in [0.25, 0.3) is 11.8 Å². The van der Waals surface area contributed by atoms with E-state index >= 15 is 0 Å². The van der Waals surface area contributed by atoms with E-state index in [4.69, 9.17) is 14.2 Å². The number of rotatable bonds is 27. The number of para-hydroxylation sites is 1. The smallest absolute Gasteiger partial charge is 0.416 e. The number of carbonyl (C=O) groups excluding carboxylic acids is 5. The Morgan fingerprint density at radius 1 is 0.618 bits per heavy atom. The van der Waals surface area contributed by atoms with Crippen molar-refractivity contribution in [2.75, 3.05) is 124 Å². The van der Waals surface area contributed by atoms with Crippen molar-refractivity contribution in [3.8, 4) is 11.1 Å². The molecule has 6 aromatic rings. The molecule has 3 saturated heterocycles. The first-order chi connectivity index (χ1) is 47.4. The number of unbranched alkanes of at least 4 members (excludes halogenated alkanes) is 3. The highest BCUT2D eigenvalue weighted by Crippen LogP contribution is 2.49. The molecular weight excluding hydrogens is 1390 g/mol. The number of alkyl halides is 6. The fourth-order valence-corrected chi connectivity index (χ4v) is 14.1. The average Bonchev–Trinajstić information content (AvgIpc) is 1.58. The number of halogens is 10. The van der Waals surface area contributed by atoms with Gasteiger partial charge in [0, 0.05) is 115 Å². The van der Waals surface area contributed by atoms with Crippen LogP contribution in [0.1, 0.15) is 119 Å². The number of carbonyl (C=O) groups is 5. The van der Waals surface area contributed by atoms with Crippen LogP contribution in [0.5, 0.6) is 0 Å². The molecule has 16 nitrogen and oxygen atoms in total. The summed E-state index contributed by atoms with van der Waals surface area (Å²) >= 11 is 0. The van der Waals surface area contributed by atoms with Gasteiger partial charge in [-0.15, -0.1) is 37.2 Å². The van der Waals surface area contributed by atoms with Crippen LogP contribution >= 0.6 is 37.2 Å². The predicted molar refractivity (Wildman–Crippen MR) is 386 cm³/mol. The lowest BCUT2D eigenvalue weighted by atomic mass is 9.72. The standard InChI is InChI=1S/C76H89F7N8O8.3ClH/c1-85(37-15-6-5-10-23-68(92)87(3)45-46-89-40-32-63(33-41-89)99-72(96)84-66-22-14-12-20-64(66)54-17-8-7-9-18-54)62-30-24-55(25-31-62)70(94)88(4)39-16-38-86(2)69(93)51-97-67-49-56-19-11-13-21-65(56)73(67)34-42-90(43-35-73)44-36-74(58-26-28-61(77)29-27-58)52-91(53-98-74)71(95)57-47-59(75(78,79)80)50-60(48-57)76(81,82)83;;;/h7-9,11-14,17-22,24-31,47-48,50,63,67H,5-6,10,15-16,23,32-46,49,51-53H2,1-4H3,(H,84,96);3*1H/t67-,74-;;;/m0.../s1. The number of nitrogens with one attached hydrogen (secondary N) is 1. The number of likely N-dealkylation sites (N-methyl/N-ethyl adjacent to an activating group) is 2. The van der Waals surface area contributed by atoms with E-state index in [9.17, 15) is 54.7 Å². The molecule has 26 heteroatoms. The molecule has 2 atom stereocenters. The molecule has 6 aromatic carbocycles. The maximum Gasteiger partial charge on any atom is 0.416 e. The van der Waals surface area contributed by atoms with Crippen molar-refractivity contribution in [2.45, 2.75) is 113 Å². The van der Waals surface area contributed by atoms with Crippen LogP contribution in [0.2, 0.25) is 0 Å². The number of ether oxygens (including phenoxy) is 3. The monoisotopic (exact) mass is 1480 g/mol. The second kappa shape index (κ2) is 36.8. The van der Waals surface area contributed by atoms with Crippen molar-refractivity contribution >= 4 is 78.3 Å². The van der Waals surface area contributed by atoms with Gasteiger partial charge >= 0.3 is 18.4 Å². The average molecular weight is 1480 g/mol. The van der Waals surface area contributed by atoms with Crippen LogP contribution in [-0.2, 0) is 53.6 Å². The highest BCUT2D eigenvalue weighted by atomic mass is 35.5. The fraction of sp³-hybridized carbons (Fsp3) is 0.461. The minimum atomic E-state index is -5.15. The molecule has 0 bridgehead atoms. The third kappa shape index (κ3) is 20.9. The third-order valence-corrected chi connectivity index (χ3v) is 20.2. The van der Waals surface area contributed by atoms with Gasteiger partial charge in [-0.1, -0.05) is 97.8 Å². The Kier molecular flexibility index (Phi) is 29.5. The fourth-order valence-electron chi connectivity index (χ4n) is 14.1. The predicted octanol–water partition coefficient (Wildman–Crippen LogP) is 14.7. The second-order valence-corrected chi connectivity index (χ2v) is 26.8. The molecule has 0 radical (unpaired) electrons. The summed E-state index contributed by atoms with van der Waals surface area (Å²) in [6, 6.07) is 39.6. The Hall–Kier alpha value is -7.51. The summed E-state index contributed by atoms with van der Waals surface area (Å²) < 4.78 is 116. The zero-order chi connectivity index (χ0) is 70.5. The number of fused-ring (bicyclic) bond motifs is 2. The normalized spacial score (nSPS) is 17.5. The van der Waals surface area contributed by atoms with Crippen LogP contribution in [0.15, 0.2) is 146 Å². The van der Waals surface area contributed by atoms with Crippen molar-refractivity contribution in [3.05, 3.63) is 190 Å². The lowest BCUT2D eigenvalue weighted by molar-refractivity contribution is -0.143. The molecule has 102 heavy (non-hydrogen) atoms. The zero-order valence-electron chi connectivity index (χ0n) is 58.0. The van der Waals surface area contributed by atoms with E-state index in [0.29, 0.717) is 100 Å². The molecule has 4 aliphatic rings. The molecule has 0 unspecified atom stereocenters. The summed E-state index contributed by atoms with van der Waals surface area (Å²) in [6.45, 7) is 5.49. The van der Waals surface area contributed by atoms with Gasteiger partial charge in [-0.2, -0.15) is 26.3 Å². The SMILES string of the molecule is CN(CCN1CCC(OC(=O)Nc2ccccc2-c2ccccc2)CC1)C(=O)CCCCCCN(C)c1ccc(C(=O)N(C)CCCN(C)C(=O)CO[C@H]2Cc3ccccc3C23CCN(CC[C@@]2(c4ccc(F)cc4)CN(C(=O)c4cc(C(F)(F)F)cc(C(F)(F)F)c4)CO2)CC3)cc1.Cl.Cl.Cl. The van der Waals surface area contributed by atoms with Crippen molar-refractivity contribution in [3.63, 3.8) is 0 Å². The van der Waals surface area contributed by atoms with Crippen LogP contribution in [-0.4, -0.2) is 185 Å². The van der Waals surface area contributed by atoms with Crippen LogP contribution in [0.25, 0.3) is 11.1 Å². The van der Waals surface area contributed by atoms with E-state index < -0.39 is 64.6 Å². The minimum absolute atomic E-state index is 0. The van der Waals surface area contributed by atoms with E-state index in [1.165, 1.54) is 29.8 Å². The Bertz CT molecular complexity index is 3700. The summed E-state index contributed by atoms with van der Waals surface area (Å²) in [5.74, 6) is -1.78. The Morgan fingerprint density at radius 3 is 1.90 bits per heavy atom. The number of nitrogens with zero attached hydrogens (tertiary/aromatic N) is 7. The zero-order valence-corrected chi connectivity index (χ0v) is 60.4. The maximum absolute atomic E-state index is 14.3. The number of hydrogen-bond acceptors (Lipinski definition) is 11. The van der Waals surface area contributed by atoms with Crippen LogP contribution in [0, 0.1) is 5.82 Å². The molecule has 3 fully saturated rings. The summed E-state index contributed by atoms with van der Waals surface area (Å²) in [5.41, 5.74) is 1.33. The Morgan fingerprint density at radius 2 is 1.23 bits per heavy atom. The van der Waals surface area contributed by atoms with E-state index in [-0.39, 0.29) is 92.8 Å². The molecule has 0 saturated carbocycles. The van der Waals surface area contributed by atoms with Crippen LogP contribution in [0.3, 0.4) is 0 Å². The van der Waals surface area contributed by atoms with E-state index in [0.717, 1.165) is 92.0 Å². The number of amides is 5. The third-order valence-electron chi connectivity index (χ3n) is 20.2. The summed E-state index contributed by atoms with van der Waals surface area (Å²) in [7, 11) is 7.36. The Balaban J connectivity index is 0.00000486. The van der Waals surface area contributed by atoms with Gasteiger partial charge in [0.05, 0.1) is 29.5 Å². The summed E-state index contributed by atoms with van der Waals surface area (Å²) in [5, 5.41) is 2.94. The van der Waals surface area contributed by atoms with Crippen molar-refractivity contribution in [1.82, 2.24) is 29.4 Å². The molecule has 10 rings (SSSR count). The highest BCUT2D eigenvalue weighted by Gasteiger charge is 2.50. The number of piperidine rings is 2. The van der Waals surface area contributed by atoms with Gasteiger partial charge in [-0.05, 0) is 154 Å². The molecule has 0 aromatic heterocycles. The van der Waals surface area contributed by atoms with Gasteiger partial charge < -0.3 is 48.5 Å².